The van der Waals surface area contributed by atoms with Crippen molar-refractivity contribution in [2.45, 2.75) is 53.1 Å². The van der Waals surface area contributed by atoms with Crippen molar-refractivity contribution in [1.29, 1.82) is 0 Å². The molecule has 7 heteroatoms. The van der Waals surface area contributed by atoms with Crippen LogP contribution >= 0.6 is 0 Å². The van der Waals surface area contributed by atoms with Gasteiger partial charge in [-0.05, 0) is 78.6 Å². The Morgan fingerprint density at radius 1 is 1.18 bits per heavy atom. The van der Waals surface area contributed by atoms with Crippen LogP contribution in [0.3, 0.4) is 0 Å². The first kappa shape index (κ1) is 23.8. The van der Waals surface area contributed by atoms with E-state index in [0.717, 1.165) is 24.8 Å². The molecule has 178 valence electrons. The summed E-state index contributed by atoms with van der Waals surface area (Å²) in [4.78, 5) is 18.5. The average molecular weight is 468 g/mol. The summed E-state index contributed by atoms with van der Waals surface area (Å²) in [5, 5.41) is 2.74. The van der Waals surface area contributed by atoms with Crippen molar-refractivity contribution in [2.75, 3.05) is 5.32 Å². The molecule has 0 aliphatic heterocycles. The number of hydrogen-bond acceptors (Lipinski definition) is 2. The monoisotopic (exact) mass is 467 g/mol. The third-order valence-corrected chi connectivity index (χ3v) is 6.65. The van der Waals surface area contributed by atoms with Crippen molar-refractivity contribution in [3.63, 3.8) is 0 Å². The fourth-order valence-corrected chi connectivity index (χ4v) is 4.77. The second kappa shape index (κ2) is 8.78. The molecule has 2 aromatic carbocycles. The first-order chi connectivity index (χ1) is 16.0. The van der Waals surface area contributed by atoms with Gasteiger partial charge in [-0.2, -0.15) is 13.2 Å². The van der Waals surface area contributed by atoms with Gasteiger partial charge in [0.1, 0.15) is 0 Å². The minimum atomic E-state index is -4.56. The molecule has 3 aromatic rings. The van der Waals surface area contributed by atoms with Gasteiger partial charge < -0.3 is 10.3 Å². The predicted molar refractivity (Wildman–Crippen MR) is 129 cm³/mol. The van der Waals surface area contributed by atoms with E-state index in [0.29, 0.717) is 11.3 Å². The summed E-state index contributed by atoms with van der Waals surface area (Å²) in [7, 11) is 0. The van der Waals surface area contributed by atoms with E-state index in [1.165, 1.54) is 34.9 Å². The summed E-state index contributed by atoms with van der Waals surface area (Å²) in [5.41, 5.74) is 6.70. The fraction of sp³-hybridized carbons (Fsp3) is 0.333. The van der Waals surface area contributed by atoms with Crippen LogP contribution in [-0.2, 0) is 6.18 Å². The van der Waals surface area contributed by atoms with Crippen LogP contribution in [-0.4, -0.2) is 15.9 Å². The van der Waals surface area contributed by atoms with Crippen LogP contribution in [0.5, 0.6) is 0 Å². The Balaban J connectivity index is 1.50. The highest BCUT2D eigenvalue weighted by molar-refractivity contribution is 6.05. The van der Waals surface area contributed by atoms with Gasteiger partial charge in [-0.3, -0.25) is 4.79 Å². The van der Waals surface area contributed by atoms with Gasteiger partial charge in [0.2, 0.25) is 5.82 Å². The minimum Gasteiger partial charge on any atom is -0.334 e. The second-order valence-electron chi connectivity index (χ2n) is 9.40. The zero-order valence-electron chi connectivity index (χ0n) is 19.7. The van der Waals surface area contributed by atoms with Crippen LogP contribution in [0.1, 0.15) is 68.7 Å². The first-order valence-electron chi connectivity index (χ1n) is 11.4. The standard InChI is InChI=1S/C27H28F3N3O/c1-5-21-16(2)19(12-13-26(21,3)4)14-17-6-8-18(9-7-17)24(34)31-20-10-11-22-23(15-20)33-25(32-22)27(28,29)30/h6-11,14-15H,5,12-13H2,1-4H3,(H,31,34)(H,32,33)/b19-14+. The molecule has 1 aliphatic carbocycles. The molecule has 0 radical (unpaired) electrons. The van der Waals surface area contributed by atoms with Crippen molar-refractivity contribution in [1.82, 2.24) is 9.97 Å². The molecule has 0 bridgehead atoms. The summed E-state index contributed by atoms with van der Waals surface area (Å²) >= 11 is 0. The fourth-order valence-electron chi connectivity index (χ4n) is 4.77. The third kappa shape index (κ3) is 4.79. The summed E-state index contributed by atoms with van der Waals surface area (Å²) in [6, 6.07) is 11.8. The lowest BCUT2D eigenvalue weighted by atomic mass is 9.70. The number of amides is 1. The van der Waals surface area contributed by atoms with Crippen molar-refractivity contribution in [3.05, 3.63) is 76.1 Å². The van der Waals surface area contributed by atoms with Gasteiger partial charge in [-0.25, -0.2) is 4.98 Å². The van der Waals surface area contributed by atoms with Gasteiger partial charge in [0.15, 0.2) is 0 Å². The number of nitrogens with zero attached hydrogens (tertiary/aromatic N) is 1. The first-order valence-corrected chi connectivity index (χ1v) is 11.4. The largest absolute Gasteiger partial charge is 0.449 e. The van der Waals surface area contributed by atoms with Crippen LogP contribution in [0, 0.1) is 5.41 Å². The lowest BCUT2D eigenvalue weighted by molar-refractivity contribution is -0.144. The molecule has 1 amide bonds. The molecule has 0 saturated carbocycles. The number of fused-ring (bicyclic) bond motifs is 1. The maximum absolute atomic E-state index is 12.9. The number of carbonyl (C=O) groups excluding carboxylic acids is 1. The van der Waals surface area contributed by atoms with E-state index >= 15 is 0 Å². The van der Waals surface area contributed by atoms with E-state index < -0.39 is 12.0 Å². The van der Waals surface area contributed by atoms with Crippen LogP contribution < -0.4 is 5.32 Å². The van der Waals surface area contributed by atoms with Crippen molar-refractivity contribution >= 4 is 28.7 Å². The van der Waals surface area contributed by atoms with E-state index in [4.69, 9.17) is 0 Å². The lowest BCUT2D eigenvalue weighted by Gasteiger charge is -2.35. The number of aromatic amines is 1. The number of halogens is 3. The Morgan fingerprint density at radius 2 is 1.88 bits per heavy atom. The molecule has 1 heterocycles. The van der Waals surface area contributed by atoms with E-state index in [2.05, 4.69) is 49.1 Å². The Hall–Kier alpha value is -3.35. The summed E-state index contributed by atoms with van der Waals surface area (Å²) in [5.74, 6) is -1.40. The maximum atomic E-state index is 12.9. The number of alkyl halides is 3. The molecule has 0 atom stereocenters. The zero-order valence-corrected chi connectivity index (χ0v) is 19.7. The Kier molecular flexibility index (Phi) is 6.14. The van der Waals surface area contributed by atoms with Crippen LogP contribution in [0.25, 0.3) is 17.1 Å². The zero-order chi connectivity index (χ0) is 24.7. The summed E-state index contributed by atoms with van der Waals surface area (Å²) in [6.45, 7) is 9.01. The van der Waals surface area contributed by atoms with E-state index in [-0.39, 0.29) is 22.4 Å². The van der Waals surface area contributed by atoms with Crippen LogP contribution in [0.4, 0.5) is 18.9 Å². The quantitative estimate of drug-likeness (QED) is 0.412. The highest BCUT2D eigenvalue weighted by atomic mass is 19.4. The highest BCUT2D eigenvalue weighted by Crippen LogP contribution is 2.44. The van der Waals surface area contributed by atoms with E-state index in [1.807, 2.05) is 12.1 Å². The second-order valence-corrected chi connectivity index (χ2v) is 9.40. The molecule has 4 rings (SSSR count). The Bertz CT molecular complexity index is 1290. The van der Waals surface area contributed by atoms with Crippen LogP contribution in [0.15, 0.2) is 59.2 Å². The molecule has 0 saturated heterocycles. The number of aromatic nitrogens is 2. The lowest BCUT2D eigenvalue weighted by Crippen LogP contribution is -2.21. The molecule has 2 N–H and O–H groups in total. The molecular weight excluding hydrogens is 439 g/mol. The van der Waals surface area contributed by atoms with Gasteiger partial charge in [0.25, 0.3) is 5.91 Å². The number of benzene rings is 2. The molecule has 1 aliphatic rings. The van der Waals surface area contributed by atoms with Crippen LogP contribution in [0.2, 0.25) is 0 Å². The molecule has 0 fully saturated rings. The molecular formula is C27H28F3N3O. The molecule has 1 aromatic heterocycles. The summed E-state index contributed by atoms with van der Waals surface area (Å²) in [6.07, 6.45) is 0.810. The topological polar surface area (TPSA) is 57.8 Å². The van der Waals surface area contributed by atoms with E-state index in [9.17, 15) is 18.0 Å². The predicted octanol–water partition coefficient (Wildman–Crippen LogP) is 7.76. The summed E-state index contributed by atoms with van der Waals surface area (Å²) < 4.78 is 38.6. The number of carbonyl (C=O) groups is 1. The van der Waals surface area contributed by atoms with Crippen molar-refractivity contribution in [2.24, 2.45) is 5.41 Å². The number of rotatable bonds is 4. The minimum absolute atomic E-state index is 0.185. The van der Waals surface area contributed by atoms with Crippen molar-refractivity contribution < 1.29 is 18.0 Å². The van der Waals surface area contributed by atoms with Gasteiger partial charge in [-0.1, -0.05) is 44.6 Å². The SMILES string of the molecule is CCC1=C(C)/C(=C/c2ccc(C(=O)Nc3ccc4nc(C(F)(F)F)[nH]c4c3)cc2)CCC1(C)C. The number of H-pyrrole nitrogens is 1. The number of imidazole rings is 1. The number of allylic oxidation sites excluding steroid dienone is 3. The maximum Gasteiger partial charge on any atom is 0.449 e. The van der Waals surface area contributed by atoms with Gasteiger partial charge in [0, 0.05) is 11.3 Å². The number of nitrogens with one attached hydrogen (secondary N) is 2. The van der Waals surface area contributed by atoms with Crippen molar-refractivity contribution in [3.8, 4) is 0 Å². The number of anilines is 1. The Labute approximate surface area is 197 Å². The molecule has 4 nitrogen and oxygen atoms in total. The smallest absolute Gasteiger partial charge is 0.334 e. The average Bonchev–Trinajstić information content (AvgIpc) is 3.20. The highest BCUT2D eigenvalue weighted by Gasteiger charge is 2.34. The van der Waals surface area contributed by atoms with E-state index in [1.54, 1.807) is 12.1 Å². The van der Waals surface area contributed by atoms with Gasteiger partial charge in [0.05, 0.1) is 11.0 Å². The molecule has 34 heavy (non-hydrogen) atoms. The molecule has 0 unspecified atom stereocenters. The number of hydrogen-bond donors (Lipinski definition) is 2. The van der Waals surface area contributed by atoms with Gasteiger partial charge >= 0.3 is 6.18 Å². The third-order valence-electron chi connectivity index (χ3n) is 6.65. The Morgan fingerprint density at radius 3 is 2.53 bits per heavy atom. The molecule has 0 spiro atoms. The van der Waals surface area contributed by atoms with Gasteiger partial charge in [-0.15, -0.1) is 0 Å². The normalized spacial score (nSPS) is 17.4.